The average Bonchev–Trinajstić information content (AvgIpc) is 2.60. The number of rotatable bonds is 4. The first-order chi connectivity index (χ1) is 11.6. The molecule has 0 unspecified atom stereocenters. The summed E-state index contributed by atoms with van der Waals surface area (Å²) in [5, 5.41) is 2.94. The molecule has 1 N–H and O–H groups in total. The maximum Gasteiger partial charge on any atom is 0.270 e. The second-order valence-electron chi connectivity index (χ2n) is 6.49. The molecule has 0 radical (unpaired) electrons. The van der Waals surface area contributed by atoms with Crippen molar-refractivity contribution >= 4 is 5.91 Å². The van der Waals surface area contributed by atoms with Crippen molar-refractivity contribution in [1.29, 1.82) is 0 Å². The Morgan fingerprint density at radius 2 is 2.08 bits per heavy atom. The van der Waals surface area contributed by atoms with E-state index in [9.17, 15) is 4.79 Å². The Hall–Kier alpha value is -2.27. The normalized spacial score (nSPS) is 18.3. The van der Waals surface area contributed by atoms with Gasteiger partial charge in [0.2, 0.25) is 0 Å². The van der Waals surface area contributed by atoms with Crippen LogP contribution in [0.1, 0.15) is 46.3 Å². The molecule has 0 saturated carbocycles. The molecular formula is C19H24N4O. The van der Waals surface area contributed by atoms with Gasteiger partial charge in [0.15, 0.2) is 0 Å². The summed E-state index contributed by atoms with van der Waals surface area (Å²) in [6.45, 7) is 4.47. The molecule has 0 bridgehead atoms. The Morgan fingerprint density at radius 3 is 2.83 bits per heavy atom. The zero-order valence-electron chi connectivity index (χ0n) is 14.3. The van der Waals surface area contributed by atoms with E-state index in [1.165, 1.54) is 6.42 Å². The van der Waals surface area contributed by atoms with E-state index >= 15 is 0 Å². The van der Waals surface area contributed by atoms with Gasteiger partial charge in [0.25, 0.3) is 5.91 Å². The lowest BCUT2D eigenvalue weighted by molar-refractivity contribution is 0.0945. The van der Waals surface area contributed by atoms with Crippen LogP contribution in [0.2, 0.25) is 0 Å². The quantitative estimate of drug-likeness (QED) is 0.939. The lowest BCUT2D eigenvalue weighted by atomic mass is 9.94. The van der Waals surface area contributed by atoms with E-state index in [0.29, 0.717) is 24.0 Å². The molecule has 0 spiro atoms. The van der Waals surface area contributed by atoms with Gasteiger partial charge in [-0.3, -0.25) is 4.79 Å². The standard InChI is InChI=1S/C19H24N4O/c1-14-21-17(16-9-6-10-23(2)13-16)11-18(22-14)19(24)20-12-15-7-4-3-5-8-15/h3-5,7-8,11,16H,6,9-10,12-13H2,1-2H3,(H,20,24)/t16-/m1/s1. The topological polar surface area (TPSA) is 58.1 Å². The molecule has 24 heavy (non-hydrogen) atoms. The van der Waals surface area contributed by atoms with Gasteiger partial charge in [-0.05, 0) is 45.0 Å². The molecule has 126 valence electrons. The number of piperidine rings is 1. The van der Waals surface area contributed by atoms with Crippen LogP contribution in [0.25, 0.3) is 0 Å². The molecule has 2 aromatic rings. The molecule has 1 aliphatic rings. The number of hydrogen-bond donors (Lipinski definition) is 1. The molecule has 2 heterocycles. The Kier molecular flexibility index (Phi) is 5.20. The van der Waals surface area contributed by atoms with Crippen LogP contribution in [0, 0.1) is 6.92 Å². The second-order valence-corrected chi connectivity index (χ2v) is 6.49. The number of hydrogen-bond acceptors (Lipinski definition) is 4. The van der Waals surface area contributed by atoms with Crippen molar-refractivity contribution in [3.05, 3.63) is 59.2 Å². The van der Waals surface area contributed by atoms with Gasteiger partial charge in [-0.2, -0.15) is 0 Å². The van der Waals surface area contributed by atoms with Crippen LogP contribution < -0.4 is 5.32 Å². The maximum atomic E-state index is 12.5. The predicted molar refractivity (Wildman–Crippen MR) is 93.9 cm³/mol. The van der Waals surface area contributed by atoms with Gasteiger partial charge in [-0.1, -0.05) is 30.3 Å². The Balaban J connectivity index is 1.72. The van der Waals surface area contributed by atoms with E-state index in [1.807, 2.05) is 43.3 Å². The highest BCUT2D eigenvalue weighted by molar-refractivity contribution is 5.92. The Morgan fingerprint density at radius 1 is 1.29 bits per heavy atom. The second kappa shape index (κ2) is 7.53. The van der Waals surface area contributed by atoms with Gasteiger partial charge in [0.05, 0.1) is 0 Å². The van der Waals surface area contributed by atoms with E-state index in [-0.39, 0.29) is 5.91 Å². The van der Waals surface area contributed by atoms with Crippen LogP contribution >= 0.6 is 0 Å². The summed E-state index contributed by atoms with van der Waals surface area (Å²) in [4.78, 5) is 23.7. The molecule has 5 heteroatoms. The number of aromatic nitrogens is 2. The molecule has 1 aromatic heterocycles. The Bertz CT molecular complexity index is 702. The van der Waals surface area contributed by atoms with Crippen molar-refractivity contribution in [2.75, 3.05) is 20.1 Å². The van der Waals surface area contributed by atoms with E-state index in [2.05, 4.69) is 27.2 Å². The number of likely N-dealkylation sites (N-methyl/N-ethyl adjacent to an activating group) is 1. The lowest BCUT2D eigenvalue weighted by Gasteiger charge is -2.29. The minimum atomic E-state index is -0.144. The molecule has 5 nitrogen and oxygen atoms in total. The fourth-order valence-corrected chi connectivity index (χ4v) is 3.19. The smallest absolute Gasteiger partial charge is 0.270 e. The van der Waals surface area contributed by atoms with Crippen molar-refractivity contribution in [1.82, 2.24) is 20.2 Å². The third kappa shape index (κ3) is 4.17. The number of aryl methyl sites for hydroxylation is 1. The number of carbonyl (C=O) groups excluding carboxylic acids is 1. The number of carbonyl (C=O) groups is 1. The van der Waals surface area contributed by atoms with Crippen LogP contribution in [0.5, 0.6) is 0 Å². The number of benzene rings is 1. The van der Waals surface area contributed by atoms with Crippen molar-refractivity contribution in [3.8, 4) is 0 Å². The summed E-state index contributed by atoms with van der Waals surface area (Å²) in [5.74, 6) is 0.895. The highest BCUT2D eigenvalue weighted by Crippen LogP contribution is 2.25. The van der Waals surface area contributed by atoms with Gasteiger partial charge >= 0.3 is 0 Å². The fourth-order valence-electron chi connectivity index (χ4n) is 3.19. The number of nitrogens with zero attached hydrogens (tertiary/aromatic N) is 3. The van der Waals surface area contributed by atoms with E-state index in [1.54, 1.807) is 0 Å². The lowest BCUT2D eigenvalue weighted by Crippen LogP contribution is -2.32. The number of nitrogens with one attached hydrogen (secondary N) is 1. The van der Waals surface area contributed by atoms with Crippen LogP contribution in [0.4, 0.5) is 0 Å². The maximum absolute atomic E-state index is 12.5. The first-order valence-electron chi connectivity index (χ1n) is 8.48. The average molecular weight is 324 g/mol. The molecule has 0 aliphatic carbocycles. The molecule has 1 amide bonds. The minimum absolute atomic E-state index is 0.144. The molecule has 1 atom stereocenters. The zero-order chi connectivity index (χ0) is 16.9. The summed E-state index contributed by atoms with van der Waals surface area (Å²) < 4.78 is 0. The van der Waals surface area contributed by atoms with Gasteiger partial charge < -0.3 is 10.2 Å². The van der Waals surface area contributed by atoms with Crippen molar-refractivity contribution in [3.63, 3.8) is 0 Å². The van der Waals surface area contributed by atoms with Crippen LogP contribution in [0.3, 0.4) is 0 Å². The van der Waals surface area contributed by atoms with Crippen molar-refractivity contribution in [2.45, 2.75) is 32.2 Å². The van der Waals surface area contributed by atoms with Crippen molar-refractivity contribution in [2.24, 2.45) is 0 Å². The molecule has 1 fully saturated rings. The SMILES string of the molecule is Cc1nc(C(=O)NCc2ccccc2)cc([C@@H]2CCCN(C)C2)n1. The third-order valence-electron chi connectivity index (χ3n) is 4.43. The molecule has 1 saturated heterocycles. The van der Waals surface area contributed by atoms with Gasteiger partial charge in [-0.25, -0.2) is 9.97 Å². The van der Waals surface area contributed by atoms with Gasteiger partial charge in [-0.15, -0.1) is 0 Å². The summed E-state index contributed by atoms with van der Waals surface area (Å²) in [5.41, 5.74) is 2.52. The molecule has 1 aromatic carbocycles. The van der Waals surface area contributed by atoms with Crippen LogP contribution in [-0.2, 0) is 6.54 Å². The van der Waals surface area contributed by atoms with Crippen LogP contribution in [0.15, 0.2) is 36.4 Å². The number of amides is 1. The van der Waals surface area contributed by atoms with Gasteiger partial charge in [0.1, 0.15) is 11.5 Å². The fraction of sp³-hybridized carbons (Fsp3) is 0.421. The summed E-state index contributed by atoms with van der Waals surface area (Å²) in [6.07, 6.45) is 2.28. The van der Waals surface area contributed by atoms with E-state index < -0.39 is 0 Å². The van der Waals surface area contributed by atoms with E-state index in [0.717, 1.165) is 30.8 Å². The summed E-state index contributed by atoms with van der Waals surface area (Å²) >= 11 is 0. The molecule has 1 aliphatic heterocycles. The first kappa shape index (κ1) is 16.6. The van der Waals surface area contributed by atoms with Crippen molar-refractivity contribution < 1.29 is 4.79 Å². The monoisotopic (exact) mass is 324 g/mol. The largest absolute Gasteiger partial charge is 0.347 e. The van der Waals surface area contributed by atoms with Gasteiger partial charge in [0, 0.05) is 24.7 Å². The van der Waals surface area contributed by atoms with E-state index in [4.69, 9.17) is 0 Å². The highest BCUT2D eigenvalue weighted by atomic mass is 16.1. The molecular weight excluding hydrogens is 300 g/mol. The molecule has 3 rings (SSSR count). The highest BCUT2D eigenvalue weighted by Gasteiger charge is 2.22. The first-order valence-corrected chi connectivity index (χ1v) is 8.48. The predicted octanol–water partition coefficient (Wildman–Crippen LogP) is 2.52. The minimum Gasteiger partial charge on any atom is -0.347 e. The third-order valence-corrected chi connectivity index (χ3v) is 4.43. The summed E-state index contributed by atoms with van der Waals surface area (Å²) in [7, 11) is 2.13. The Labute approximate surface area is 143 Å². The van der Waals surface area contributed by atoms with Crippen LogP contribution in [-0.4, -0.2) is 40.9 Å². The zero-order valence-corrected chi connectivity index (χ0v) is 14.3. The summed E-state index contributed by atoms with van der Waals surface area (Å²) in [6, 6.07) is 11.7. The number of likely N-dealkylation sites (tertiary alicyclic amines) is 1.